The summed E-state index contributed by atoms with van der Waals surface area (Å²) in [5.41, 5.74) is 2.41. The average molecular weight is 430 g/mol. The van der Waals surface area contributed by atoms with E-state index in [1.54, 1.807) is 17.8 Å². The Bertz CT molecular complexity index is 1030. The van der Waals surface area contributed by atoms with E-state index in [2.05, 4.69) is 20.3 Å². The number of rotatable bonds is 5. The molecular formula is C21H21Cl2N5O. The maximum Gasteiger partial charge on any atom is 0.260 e. The molecule has 4 rings (SSSR count). The number of halogens is 2. The van der Waals surface area contributed by atoms with Crippen LogP contribution in [0.1, 0.15) is 34.5 Å². The van der Waals surface area contributed by atoms with Crippen LogP contribution in [0.4, 0.5) is 11.5 Å². The molecule has 1 N–H and O–H groups in total. The molecule has 1 aliphatic rings. The molecule has 6 nitrogen and oxygen atoms in total. The minimum Gasteiger partial charge on any atom is -0.357 e. The lowest BCUT2D eigenvalue weighted by atomic mass is 10.2. The number of amides is 1. The number of aromatic nitrogens is 3. The molecule has 0 spiro atoms. The number of pyridine rings is 1. The van der Waals surface area contributed by atoms with E-state index in [4.69, 9.17) is 23.2 Å². The molecule has 1 fully saturated rings. The van der Waals surface area contributed by atoms with E-state index in [1.807, 2.05) is 36.4 Å². The van der Waals surface area contributed by atoms with Gasteiger partial charge in [-0.15, -0.1) is 0 Å². The molecule has 3 heterocycles. The molecule has 1 aliphatic heterocycles. The first-order valence-electron chi connectivity index (χ1n) is 9.51. The van der Waals surface area contributed by atoms with E-state index < -0.39 is 0 Å². The van der Waals surface area contributed by atoms with Crippen LogP contribution in [-0.4, -0.2) is 33.8 Å². The lowest BCUT2D eigenvalue weighted by Crippen LogP contribution is -2.19. The number of nitrogens with one attached hydrogen (secondary N) is 1. The first kappa shape index (κ1) is 19.7. The highest BCUT2D eigenvalue weighted by Crippen LogP contribution is 2.25. The maximum atomic E-state index is 12.8. The quantitative estimate of drug-likeness (QED) is 0.632. The molecule has 1 amide bonds. The number of nitrogens with zero attached hydrogens (tertiary/aromatic N) is 4. The summed E-state index contributed by atoms with van der Waals surface area (Å²) in [6.45, 7) is 4.20. The number of carbonyl (C=O) groups excluding carboxylic acids is 1. The molecule has 3 aromatic rings. The van der Waals surface area contributed by atoms with Gasteiger partial charge in [-0.1, -0.05) is 41.4 Å². The second-order valence-corrected chi connectivity index (χ2v) is 7.82. The van der Waals surface area contributed by atoms with Gasteiger partial charge in [0.05, 0.1) is 29.7 Å². The highest BCUT2D eigenvalue weighted by Gasteiger charge is 2.21. The molecule has 0 unspecified atom stereocenters. The Balaban J connectivity index is 1.50. The largest absolute Gasteiger partial charge is 0.357 e. The predicted octanol–water partition coefficient (Wildman–Crippen LogP) is 4.79. The zero-order valence-electron chi connectivity index (χ0n) is 16.0. The van der Waals surface area contributed by atoms with E-state index in [-0.39, 0.29) is 11.1 Å². The fourth-order valence-electron chi connectivity index (χ4n) is 3.49. The van der Waals surface area contributed by atoms with Gasteiger partial charge in [-0.2, -0.15) is 5.10 Å². The molecule has 0 saturated carbocycles. The lowest BCUT2D eigenvalue weighted by molar-refractivity contribution is 0.102. The molecule has 0 bridgehead atoms. The summed E-state index contributed by atoms with van der Waals surface area (Å²) in [7, 11) is 0. The molecule has 150 valence electrons. The van der Waals surface area contributed by atoms with Crippen molar-refractivity contribution in [1.29, 1.82) is 0 Å². The third kappa shape index (κ3) is 4.23. The maximum absolute atomic E-state index is 12.8. The first-order valence-corrected chi connectivity index (χ1v) is 10.3. The summed E-state index contributed by atoms with van der Waals surface area (Å²) >= 11 is 12.7. The smallest absolute Gasteiger partial charge is 0.260 e. The van der Waals surface area contributed by atoms with Crippen LogP contribution >= 0.6 is 23.2 Å². The van der Waals surface area contributed by atoms with Crippen molar-refractivity contribution in [1.82, 2.24) is 14.8 Å². The fraction of sp³-hybridized carbons (Fsp3) is 0.286. The topological polar surface area (TPSA) is 63.1 Å². The number of hydrogen-bond acceptors (Lipinski definition) is 4. The number of hydrogen-bond donors (Lipinski definition) is 1. The van der Waals surface area contributed by atoms with Crippen LogP contribution in [0.5, 0.6) is 0 Å². The molecule has 1 aromatic carbocycles. The van der Waals surface area contributed by atoms with Gasteiger partial charge in [0.25, 0.3) is 5.91 Å². The molecule has 0 atom stereocenters. The number of anilines is 2. The highest BCUT2D eigenvalue weighted by atomic mass is 35.5. The normalized spacial score (nSPS) is 13.7. The van der Waals surface area contributed by atoms with E-state index in [1.165, 1.54) is 12.8 Å². The molecule has 0 radical (unpaired) electrons. The Morgan fingerprint density at radius 1 is 1.14 bits per heavy atom. The average Bonchev–Trinajstić information content (AvgIpc) is 3.33. The van der Waals surface area contributed by atoms with E-state index >= 15 is 0 Å². The molecule has 0 aliphatic carbocycles. The van der Waals surface area contributed by atoms with Gasteiger partial charge in [-0.25, -0.2) is 9.67 Å². The molecule has 29 heavy (non-hydrogen) atoms. The summed E-state index contributed by atoms with van der Waals surface area (Å²) in [6, 6.07) is 11.3. The summed E-state index contributed by atoms with van der Waals surface area (Å²) in [6.07, 6.45) is 4.05. The highest BCUT2D eigenvalue weighted by molar-refractivity contribution is 6.34. The third-order valence-corrected chi connectivity index (χ3v) is 5.76. The van der Waals surface area contributed by atoms with Crippen molar-refractivity contribution in [3.05, 3.63) is 69.6 Å². The van der Waals surface area contributed by atoms with Crippen LogP contribution in [-0.2, 0) is 6.54 Å². The summed E-state index contributed by atoms with van der Waals surface area (Å²) in [4.78, 5) is 19.5. The van der Waals surface area contributed by atoms with Crippen LogP contribution in [0.15, 0.2) is 42.6 Å². The van der Waals surface area contributed by atoms with Crippen molar-refractivity contribution in [2.45, 2.75) is 26.3 Å². The number of aryl methyl sites for hydroxylation is 1. The van der Waals surface area contributed by atoms with Gasteiger partial charge >= 0.3 is 0 Å². The SMILES string of the molecule is Cc1nn(Cc2ccccc2Cl)c(Cl)c1C(=O)Nc1ccc(N2CCCC2)nc1. The Hall–Kier alpha value is -2.57. The predicted molar refractivity (Wildman–Crippen MR) is 116 cm³/mol. The summed E-state index contributed by atoms with van der Waals surface area (Å²) in [5.74, 6) is 0.621. The molecule has 8 heteroatoms. The first-order chi connectivity index (χ1) is 14.0. The monoisotopic (exact) mass is 429 g/mol. The standard InChI is InChI=1S/C21H21Cl2N5O/c1-14-19(20(23)28(26-14)13-15-6-2-3-7-17(15)22)21(29)25-16-8-9-18(24-12-16)27-10-4-5-11-27/h2-3,6-9,12H,4-5,10-11,13H2,1H3,(H,25,29). The minimum atomic E-state index is -0.311. The van der Waals surface area contributed by atoms with Crippen LogP contribution in [0.2, 0.25) is 10.2 Å². The van der Waals surface area contributed by atoms with Gasteiger partial charge in [0.2, 0.25) is 0 Å². The molecular weight excluding hydrogens is 409 g/mol. The second-order valence-electron chi connectivity index (χ2n) is 7.05. The zero-order chi connectivity index (χ0) is 20.4. The summed E-state index contributed by atoms with van der Waals surface area (Å²) in [5, 5.41) is 8.19. The van der Waals surface area contributed by atoms with Crippen molar-refractivity contribution >= 4 is 40.6 Å². The molecule has 1 saturated heterocycles. The Labute approximate surface area is 179 Å². The van der Waals surface area contributed by atoms with Crippen molar-refractivity contribution in [3.8, 4) is 0 Å². The van der Waals surface area contributed by atoms with Gasteiger partial charge in [0.15, 0.2) is 0 Å². The fourth-order valence-corrected chi connectivity index (χ4v) is 4.01. The van der Waals surface area contributed by atoms with Gasteiger partial charge in [0.1, 0.15) is 11.0 Å². The van der Waals surface area contributed by atoms with Gasteiger partial charge < -0.3 is 10.2 Å². The van der Waals surface area contributed by atoms with Crippen molar-refractivity contribution in [2.24, 2.45) is 0 Å². The zero-order valence-corrected chi connectivity index (χ0v) is 17.5. The Morgan fingerprint density at radius 3 is 2.59 bits per heavy atom. The van der Waals surface area contributed by atoms with E-state index in [0.29, 0.717) is 28.5 Å². The van der Waals surface area contributed by atoms with E-state index in [9.17, 15) is 4.79 Å². The van der Waals surface area contributed by atoms with Crippen LogP contribution in [0.3, 0.4) is 0 Å². The number of benzene rings is 1. The lowest BCUT2D eigenvalue weighted by Gasteiger charge is -2.16. The van der Waals surface area contributed by atoms with Crippen molar-refractivity contribution < 1.29 is 4.79 Å². The second kappa shape index (κ2) is 8.43. The van der Waals surface area contributed by atoms with Crippen LogP contribution in [0.25, 0.3) is 0 Å². The Kier molecular flexibility index (Phi) is 5.74. The molecule has 2 aromatic heterocycles. The third-order valence-electron chi connectivity index (χ3n) is 5.01. The van der Waals surface area contributed by atoms with Gasteiger partial charge in [-0.05, 0) is 43.5 Å². The summed E-state index contributed by atoms with van der Waals surface area (Å²) < 4.78 is 1.59. The van der Waals surface area contributed by atoms with Gasteiger partial charge in [-0.3, -0.25) is 4.79 Å². The van der Waals surface area contributed by atoms with Gasteiger partial charge in [0, 0.05) is 18.1 Å². The Morgan fingerprint density at radius 2 is 1.90 bits per heavy atom. The number of carbonyl (C=O) groups is 1. The minimum absolute atomic E-state index is 0.279. The van der Waals surface area contributed by atoms with E-state index in [0.717, 1.165) is 24.5 Å². The van der Waals surface area contributed by atoms with Crippen LogP contribution in [0, 0.1) is 6.92 Å². The van der Waals surface area contributed by atoms with Crippen molar-refractivity contribution in [3.63, 3.8) is 0 Å². The van der Waals surface area contributed by atoms with Crippen LogP contribution < -0.4 is 10.2 Å². The van der Waals surface area contributed by atoms with Crippen molar-refractivity contribution in [2.75, 3.05) is 23.3 Å².